The molecular formula is C14H16N4O. The van der Waals surface area contributed by atoms with Gasteiger partial charge in [-0.05, 0) is 23.3 Å². The van der Waals surface area contributed by atoms with E-state index in [1.54, 1.807) is 6.20 Å². The molecule has 1 aromatic carbocycles. The van der Waals surface area contributed by atoms with Crippen molar-refractivity contribution in [2.24, 2.45) is 5.73 Å². The molecule has 0 aliphatic carbocycles. The summed E-state index contributed by atoms with van der Waals surface area (Å²) in [6, 6.07) is 8.13. The Hall–Kier alpha value is -2.14. The van der Waals surface area contributed by atoms with Crippen LogP contribution in [-0.2, 0) is 19.5 Å². The van der Waals surface area contributed by atoms with Gasteiger partial charge in [0.1, 0.15) is 17.4 Å². The fourth-order valence-electron chi connectivity index (χ4n) is 2.14. The summed E-state index contributed by atoms with van der Waals surface area (Å²) < 4.78 is 5.49. The van der Waals surface area contributed by atoms with Crippen molar-refractivity contribution in [1.82, 2.24) is 9.97 Å². The van der Waals surface area contributed by atoms with E-state index in [-0.39, 0.29) is 0 Å². The maximum Gasteiger partial charge on any atom is 0.144 e. The van der Waals surface area contributed by atoms with Crippen LogP contribution >= 0.6 is 0 Å². The van der Waals surface area contributed by atoms with E-state index >= 15 is 0 Å². The molecule has 2 aromatic rings. The number of rotatable bonds is 4. The molecule has 2 heterocycles. The SMILES string of the molecule is NCc1nccc(NCc2ccc3c(c2)CCO3)n1. The Morgan fingerprint density at radius 2 is 2.26 bits per heavy atom. The van der Waals surface area contributed by atoms with Crippen molar-refractivity contribution in [3.8, 4) is 5.75 Å². The fraction of sp³-hybridized carbons (Fsp3) is 0.286. The monoisotopic (exact) mass is 256 g/mol. The summed E-state index contributed by atoms with van der Waals surface area (Å²) in [7, 11) is 0. The number of anilines is 1. The lowest BCUT2D eigenvalue weighted by atomic mass is 10.1. The molecule has 0 bridgehead atoms. The van der Waals surface area contributed by atoms with Crippen LogP contribution in [0.2, 0.25) is 0 Å². The summed E-state index contributed by atoms with van der Waals surface area (Å²) in [5.41, 5.74) is 8.02. The number of aromatic nitrogens is 2. The molecule has 5 nitrogen and oxygen atoms in total. The van der Waals surface area contributed by atoms with Gasteiger partial charge in [0, 0.05) is 19.2 Å². The highest BCUT2D eigenvalue weighted by Crippen LogP contribution is 2.26. The first kappa shape index (κ1) is 11.9. The molecule has 1 aliphatic rings. The molecule has 3 rings (SSSR count). The average molecular weight is 256 g/mol. The van der Waals surface area contributed by atoms with Gasteiger partial charge >= 0.3 is 0 Å². The van der Waals surface area contributed by atoms with E-state index in [1.807, 2.05) is 12.1 Å². The number of nitrogens with zero attached hydrogens (tertiary/aromatic N) is 2. The van der Waals surface area contributed by atoms with Crippen molar-refractivity contribution in [3.63, 3.8) is 0 Å². The van der Waals surface area contributed by atoms with Gasteiger partial charge in [0.05, 0.1) is 13.2 Å². The van der Waals surface area contributed by atoms with Gasteiger partial charge in [-0.3, -0.25) is 0 Å². The first-order valence-corrected chi connectivity index (χ1v) is 6.35. The molecule has 0 amide bonds. The summed E-state index contributed by atoms with van der Waals surface area (Å²) in [5, 5.41) is 3.28. The normalized spacial score (nSPS) is 12.9. The fourth-order valence-corrected chi connectivity index (χ4v) is 2.14. The predicted octanol–water partition coefficient (Wildman–Crippen LogP) is 1.48. The largest absolute Gasteiger partial charge is 0.493 e. The zero-order valence-electron chi connectivity index (χ0n) is 10.6. The van der Waals surface area contributed by atoms with Crippen LogP contribution < -0.4 is 15.8 Å². The molecular weight excluding hydrogens is 240 g/mol. The van der Waals surface area contributed by atoms with Crippen molar-refractivity contribution in [2.45, 2.75) is 19.5 Å². The Labute approximate surface area is 111 Å². The second kappa shape index (κ2) is 5.24. The highest BCUT2D eigenvalue weighted by Gasteiger charge is 2.11. The molecule has 5 heteroatoms. The number of ether oxygens (including phenoxy) is 1. The predicted molar refractivity (Wildman–Crippen MR) is 72.9 cm³/mol. The smallest absolute Gasteiger partial charge is 0.144 e. The van der Waals surface area contributed by atoms with Gasteiger partial charge in [0.25, 0.3) is 0 Å². The molecule has 0 unspecified atom stereocenters. The van der Waals surface area contributed by atoms with E-state index in [0.29, 0.717) is 12.4 Å². The lowest BCUT2D eigenvalue weighted by Crippen LogP contribution is -2.07. The van der Waals surface area contributed by atoms with Gasteiger partial charge < -0.3 is 15.8 Å². The summed E-state index contributed by atoms with van der Waals surface area (Å²) in [4.78, 5) is 8.37. The van der Waals surface area contributed by atoms with Crippen LogP contribution in [0, 0.1) is 0 Å². The second-order valence-corrected chi connectivity index (χ2v) is 4.46. The number of fused-ring (bicyclic) bond motifs is 1. The third kappa shape index (κ3) is 2.66. The van der Waals surface area contributed by atoms with E-state index in [9.17, 15) is 0 Å². The number of nitrogens with one attached hydrogen (secondary N) is 1. The minimum atomic E-state index is 0.353. The molecule has 0 saturated heterocycles. The van der Waals surface area contributed by atoms with Crippen LogP contribution in [0.25, 0.3) is 0 Å². The molecule has 0 radical (unpaired) electrons. The van der Waals surface area contributed by atoms with Crippen LogP contribution in [0.3, 0.4) is 0 Å². The Balaban J connectivity index is 1.68. The van der Waals surface area contributed by atoms with Crippen LogP contribution in [0.5, 0.6) is 5.75 Å². The standard InChI is InChI=1S/C14H16N4O/c15-8-14-16-5-3-13(18-14)17-9-10-1-2-12-11(7-10)4-6-19-12/h1-3,5,7H,4,6,8-9,15H2,(H,16,17,18). The van der Waals surface area contributed by atoms with Gasteiger partial charge in [-0.1, -0.05) is 12.1 Å². The molecule has 1 aromatic heterocycles. The van der Waals surface area contributed by atoms with Crippen molar-refractivity contribution in [2.75, 3.05) is 11.9 Å². The quantitative estimate of drug-likeness (QED) is 0.867. The number of nitrogens with two attached hydrogens (primary N) is 1. The maximum atomic E-state index is 5.52. The van der Waals surface area contributed by atoms with Crippen molar-refractivity contribution < 1.29 is 4.74 Å². The van der Waals surface area contributed by atoms with E-state index in [2.05, 4.69) is 27.4 Å². The van der Waals surface area contributed by atoms with Crippen LogP contribution in [-0.4, -0.2) is 16.6 Å². The van der Waals surface area contributed by atoms with Crippen LogP contribution in [0.4, 0.5) is 5.82 Å². The van der Waals surface area contributed by atoms with Gasteiger partial charge in [0.2, 0.25) is 0 Å². The number of hydrogen-bond donors (Lipinski definition) is 2. The first-order chi connectivity index (χ1) is 9.35. The first-order valence-electron chi connectivity index (χ1n) is 6.35. The van der Waals surface area contributed by atoms with E-state index in [4.69, 9.17) is 10.5 Å². The molecule has 3 N–H and O–H groups in total. The lowest BCUT2D eigenvalue weighted by molar-refractivity contribution is 0.357. The summed E-state index contributed by atoms with van der Waals surface area (Å²) in [5.74, 6) is 2.45. The maximum absolute atomic E-state index is 5.52. The van der Waals surface area contributed by atoms with Gasteiger partial charge in [0.15, 0.2) is 0 Å². The Morgan fingerprint density at radius 3 is 3.16 bits per heavy atom. The third-order valence-corrected chi connectivity index (χ3v) is 3.12. The van der Waals surface area contributed by atoms with E-state index in [1.165, 1.54) is 11.1 Å². The average Bonchev–Trinajstić information content (AvgIpc) is 2.93. The highest BCUT2D eigenvalue weighted by molar-refractivity contribution is 5.41. The molecule has 19 heavy (non-hydrogen) atoms. The van der Waals surface area contributed by atoms with Crippen molar-refractivity contribution in [1.29, 1.82) is 0 Å². The Morgan fingerprint density at radius 1 is 1.32 bits per heavy atom. The molecule has 1 aliphatic heterocycles. The van der Waals surface area contributed by atoms with E-state index in [0.717, 1.165) is 31.1 Å². The van der Waals surface area contributed by atoms with Gasteiger partial charge in [-0.25, -0.2) is 9.97 Å². The minimum Gasteiger partial charge on any atom is -0.493 e. The Kier molecular flexibility index (Phi) is 3.29. The lowest BCUT2D eigenvalue weighted by Gasteiger charge is -2.07. The van der Waals surface area contributed by atoms with Crippen molar-refractivity contribution >= 4 is 5.82 Å². The highest BCUT2D eigenvalue weighted by atomic mass is 16.5. The zero-order chi connectivity index (χ0) is 13.1. The minimum absolute atomic E-state index is 0.353. The molecule has 0 fully saturated rings. The van der Waals surface area contributed by atoms with Gasteiger partial charge in [-0.15, -0.1) is 0 Å². The number of hydrogen-bond acceptors (Lipinski definition) is 5. The molecule has 0 spiro atoms. The molecule has 98 valence electrons. The van der Waals surface area contributed by atoms with Crippen LogP contribution in [0.1, 0.15) is 17.0 Å². The van der Waals surface area contributed by atoms with Crippen LogP contribution in [0.15, 0.2) is 30.5 Å². The molecule has 0 atom stereocenters. The topological polar surface area (TPSA) is 73.1 Å². The van der Waals surface area contributed by atoms with E-state index < -0.39 is 0 Å². The van der Waals surface area contributed by atoms with Gasteiger partial charge in [-0.2, -0.15) is 0 Å². The van der Waals surface area contributed by atoms with Crippen molar-refractivity contribution in [3.05, 3.63) is 47.4 Å². The summed E-state index contributed by atoms with van der Waals surface area (Å²) in [6.07, 6.45) is 2.71. The Bertz CT molecular complexity index is 585. The second-order valence-electron chi connectivity index (χ2n) is 4.46. The summed E-state index contributed by atoms with van der Waals surface area (Å²) in [6.45, 7) is 1.87. The zero-order valence-corrected chi connectivity index (χ0v) is 10.6. The number of benzene rings is 1. The molecule has 0 saturated carbocycles. The summed E-state index contributed by atoms with van der Waals surface area (Å²) >= 11 is 0. The third-order valence-electron chi connectivity index (χ3n) is 3.12.